The fourth-order valence-corrected chi connectivity index (χ4v) is 3.33. The number of nitrogens with one attached hydrogen (secondary N) is 2. The van der Waals surface area contributed by atoms with Crippen LogP contribution >= 0.6 is 0 Å². The van der Waals surface area contributed by atoms with Crippen molar-refractivity contribution in [3.8, 4) is 0 Å². The predicted octanol–water partition coefficient (Wildman–Crippen LogP) is 1.19. The zero-order chi connectivity index (χ0) is 17.7. The number of hydrogen-bond acceptors (Lipinski definition) is 4. The summed E-state index contributed by atoms with van der Waals surface area (Å²) in [6, 6.07) is 3.64. The first-order chi connectivity index (χ1) is 12.6. The largest absolute Gasteiger partial charge is 0.371 e. The minimum absolute atomic E-state index is 0.0704. The average Bonchev–Trinajstić information content (AvgIpc) is 3.38. The number of H-pyrrole nitrogens is 1. The van der Waals surface area contributed by atoms with Crippen molar-refractivity contribution in [2.24, 2.45) is 9.98 Å². The zero-order valence-corrected chi connectivity index (χ0v) is 14.2. The van der Waals surface area contributed by atoms with E-state index in [-0.39, 0.29) is 5.78 Å². The summed E-state index contributed by atoms with van der Waals surface area (Å²) >= 11 is 0. The van der Waals surface area contributed by atoms with Crippen LogP contribution in [0.1, 0.15) is 6.92 Å². The molecule has 0 radical (unpaired) electrons. The molecule has 5 heteroatoms. The molecule has 0 aliphatic carbocycles. The second-order valence-electron chi connectivity index (χ2n) is 6.58. The molecule has 1 atom stereocenters. The Morgan fingerprint density at radius 1 is 0.885 bits per heavy atom. The van der Waals surface area contributed by atoms with Gasteiger partial charge in [-0.1, -0.05) is 0 Å². The number of rotatable bonds is 0. The third-order valence-corrected chi connectivity index (χ3v) is 4.70. The van der Waals surface area contributed by atoms with Gasteiger partial charge >= 0.3 is 0 Å². The second kappa shape index (κ2) is 5.52. The van der Waals surface area contributed by atoms with Crippen LogP contribution in [0.3, 0.4) is 0 Å². The van der Waals surface area contributed by atoms with Gasteiger partial charge in [-0.15, -0.1) is 0 Å². The zero-order valence-electron chi connectivity index (χ0n) is 14.2. The molecule has 0 saturated carbocycles. The van der Waals surface area contributed by atoms with Gasteiger partial charge in [0.25, 0.3) is 0 Å². The van der Waals surface area contributed by atoms with Gasteiger partial charge in [-0.25, -0.2) is 9.98 Å². The minimum Gasteiger partial charge on any atom is -0.371 e. The van der Waals surface area contributed by atoms with Gasteiger partial charge in [0.05, 0.1) is 22.8 Å². The van der Waals surface area contributed by atoms with E-state index in [1.807, 2.05) is 67.7 Å². The lowest BCUT2D eigenvalue weighted by molar-refractivity contribution is -0.115. The number of nitrogens with zero attached hydrogens (tertiary/aromatic N) is 2. The minimum atomic E-state index is -0.394. The van der Waals surface area contributed by atoms with Crippen molar-refractivity contribution in [3.63, 3.8) is 0 Å². The Labute approximate surface area is 149 Å². The van der Waals surface area contributed by atoms with Crippen molar-refractivity contribution in [2.45, 2.75) is 13.0 Å². The molecule has 126 valence electrons. The summed E-state index contributed by atoms with van der Waals surface area (Å²) < 4.78 is 0. The monoisotopic (exact) mass is 340 g/mol. The van der Waals surface area contributed by atoms with Gasteiger partial charge < -0.3 is 10.3 Å². The smallest absolute Gasteiger partial charge is 0.186 e. The summed E-state index contributed by atoms with van der Waals surface area (Å²) in [4.78, 5) is 25.1. The first kappa shape index (κ1) is 14.8. The van der Waals surface area contributed by atoms with Crippen LogP contribution in [-0.4, -0.2) is 28.2 Å². The number of aliphatic imine (C=N–C) groups is 2. The van der Waals surface area contributed by atoms with Crippen LogP contribution in [0, 0.1) is 0 Å². The molecule has 5 heterocycles. The van der Waals surface area contributed by atoms with E-state index in [1.54, 1.807) is 0 Å². The molecule has 0 fully saturated rings. The second-order valence-corrected chi connectivity index (χ2v) is 6.58. The van der Waals surface area contributed by atoms with E-state index in [2.05, 4.69) is 20.3 Å². The molecule has 1 aromatic rings. The highest BCUT2D eigenvalue weighted by molar-refractivity contribution is 6.20. The summed E-state index contributed by atoms with van der Waals surface area (Å²) in [7, 11) is 0. The maximum atomic E-state index is 12.6. The summed E-state index contributed by atoms with van der Waals surface area (Å²) in [6.45, 7) is 1.84. The normalized spacial score (nSPS) is 23.1. The Balaban J connectivity index is 1.69. The highest BCUT2D eigenvalue weighted by Crippen LogP contribution is 2.22. The fourth-order valence-electron chi connectivity index (χ4n) is 3.33. The van der Waals surface area contributed by atoms with Gasteiger partial charge in [0.15, 0.2) is 5.78 Å². The van der Waals surface area contributed by atoms with E-state index in [0.29, 0.717) is 0 Å². The van der Waals surface area contributed by atoms with Crippen molar-refractivity contribution in [1.82, 2.24) is 10.3 Å². The number of allylic oxidation sites excluding steroid dienone is 5. The van der Waals surface area contributed by atoms with Gasteiger partial charge in [0, 0.05) is 22.0 Å². The van der Waals surface area contributed by atoms with E-state index < -0.39 is 6.04 Å². The van der Waals surface area contributed by atoms with E-state index in [4.69, 9.17) is 0 Å². The van der Waals surface area contributed by atoms with Crippen molar-refractivity contribution in [3.05, 3.63) is 82.0 Å². The molecule has 5 rings (SSSR count). The van der Waals surface area contributed by atoms with Crippen LogP contribution in [0.15, 0.2) is 81.2 Å². The Kier molecular flexibility index (Phi) is 3.15. The molecule has 0 aromatic carbocycles. The molecule has 26 heavy (non-hydrogen) atoms. The van der Waals surface area contributed by atoms with E-state index >= 15 is 0 Å². The Hall–Kier alpha value is -3.47. The molecule has 2 N–H and O–H groups in total. The maximum Gasteiger partial charge on any atom is 0.186 e. The lowest BCUT2D eigenvalue weighted by atomic mass is 10.1. The molecule has 1 aromatic heterocycles. The van der Waals surface area contributed by atoms with Gasteiger partial charge in [0.2, 0.25) is 0 Å². The summed E-state index contributed by atoms with van der Waals surface area (Å²) in [5.41, 5.74) is 4.87. The van der Waals surface area contributed by atoms with Crippen LogP contribution in [0.25, 0.3) is 12.2 Å². The third kappa shape index (κ3) is 2.54. The summed E-state index contributed by atoms with van der Waals surface area (Å²) in [5.74, 6) is 0.0704. The van der Waals surface area contributed by atoms with Crippen LogP contribution in [0.5, 0.6) is 0 Å². The lowest BCUT2D eigenvalue weighted by Crippen LogP contribution is -2.26. The third-order valence-electron chi connectivity index (χ3n) is 4.70. The topological polar surface area (TPSA) is 69.6 Å². The number of carbonyl (C=O) groups is 1. The standard InChI is InChI=1S/C21H16N4O/c1-12-19-10-17-6-4-15(23-17)8-13-2-3-14(22-13)9-16-5-7-18(24-16)11-20(25-19)21(12)26/h2-11,20,22,25H,1H3. The Morgan fingerprint density at radius 3 is 2.27 bits per heavy atom. The van der Waals surface area contributed by atoms with Gasteiger partial charge in [-0.3, -0.25) is 4.79 Å². The van der Waals surface area contributed by atoms with Crippen LogP contribution in [-0.2, 0) is 4.79 Å². The number of aromatic amines is 1. The molecule has 4 aliphatic heterocycles. The number of fused-ring (bicyclic) bond motifs is 6. The number of hydrogen-bond donors (Lipinski definition) is 2. The average molecular weight is 340 g/mol. The van der Waals surface area contributed by atoms with E-state index in [0.717, 1.165) is 44.8 Å². The molecule has 8 bridgehead atoms. The van der Waals surface area contributed by atoms with Crippen molar-refractivity contribution in [1.29, 1.82) is 0 Å². The molecule has 5 nitrogen and oxygen atoms in total. The molecule has 1 unspecified atom stereocenters. The number of aromatic nitrogens is 1. The molecule has 0 spiro atoms. The first-order valence-electron chi connectivity index (χ1n) is 8.51. The van der Waals surface area contributed by atoms with Crippen molar-refractivity contribution >= 4 is 29.4 Å². The van der Waals surface area contributed by atoms with Gasteiger partial charge in [0.1, 0.15) is 6.04 Å². The molecular formula is C21H16N4O. The van der Waals surface area contributed by atoms with Crippen molar-refractivity contribution in [2.75, 3.05) is 0 Å². The lowest BCUT2D eigenvalue weighted by Gasteiger charge is -2.06. The Bertz CT molecular complexity index is 1180. The fraction of sp³-hybridized carbons (Fsp3) is 0.0952. The van der Waals surface area contributed by atoms with Crippen LogP contribution < -0.4 is 16.0 Å². The number of carbonyl (C=O) groups excluding carboxylic acids is 1. The predicted molar refractivity (Wildman–Crippen MR) is 103 cm³/mol. The van der Waals surface area contributed by atoms with Crippen LogP contribution in [0.2, 0.25) is 0 Å². The highest BCUT2D eigenvalue weighted by Gasteiger charge is 2.28. The highest BCUT2D eigenvalue weighted by atomic mass is 16.1. The van der Waals surface area contributed by atoms with Crippen LogP contribution in [0.4, 0.5) is 0 Å². The van der Waals surface area contributed by atoms with Gasteiger partial charge in [-0.2, -0.15) is 0 Å². The van der Waals surface area contributed by atoms with E-state index in [1.165, 1.54) is 0 Å². The number of Topliss-reactive ketones (excluding diaryl/α,β-unsaturated/α-hetero) is 1. The summed E-state index contributed by atoms with van der Waals surface area (Å²) in [6.07, 6.45) is 15.6. The van der Waals surface area contributed by atoms with Crippen molar-refractivity contribution < 1.29 is 4.79 Å². The summed E-state index contributed by atoms with van der Waals surface area (Å²) in [5, 5.41) is 5.24. The number of ketones is 1. The van der Waals surface area contributed by atoms with E-state index in [9.17, 15) is 4.79 Å². The SMILES string of the molecule is CC1=C2C=C3C=CC(=N3)C=c3ccc([nH]3)=CC3=NC(=CC(N2)C1=O)C=C3. The first-order valence-corrected chi connectivity index (χ1v) is 8.51. The molecule has 0 saturated heterocycles. The molecular weight excluding hydrogens is 324 g/mol. The van der Waals surface area contributed by atoms with Gasteiger partial charge in [-0.05, 0) is 67.7 Å². The molecule has 0 amide bonds. The quantitative estimate of drug-likeness (QED) is 0.745. The molecule has 4 aliphatic rings. The Morgan fingerprint density at radius 2 is 1.54 bits per heavy atom. The maximum absolute atomic E-state index is 12.6.